The lowest BCUT2D eigenvalue weighted by molar-refractivity contribution is -0.319. The van der Waals surface area contributed by atoms with Gasteiger partial charge in [0.15, 0.2) is 6.29 Å². The topological polar surface area (TPSA) is 166 Å². The van der Waals surface area contributed by atoms with Crippen LogP contribution in [0.15, 0.2) is 23.8 Å². The van der Waals surface area contributed by atoms with Crippen LogP contribution in [0.3, 0.4) is 0 Å². The Kier molecular flexibility index (Phi) is 6.68. The monoisotopic (exact) mass is 444 g/mol. The first-order chi connectivity index (χ1) is 14.4. The number of aliphatic carboxylic acids is 1. The summed E-state index contributed by atoms with van der Waals surface area (Å²) >= 11 is 0. The van der Waals surface area contributed by atoms with Crippen molar-refractivity contribution >= 4 is 5.97 Å². The molecule has 2 aliphatic heterocycles. The highest BCUT2D eigenvalue weighted by Gasteiger charge is 2.67. The first-order valence-corrected chi connectivity index (χ1v) is 10.3. The fraction of sp³-hybridized carbons (Fsp3) is 0.762. The number of aliphatic hydroxyl groups excluding tert-OH is 4. The molecule has 3 aliphatic rings. The van der Waals surface area contributed by atoms with Crippen molar-refractivity contribution in [2.45, 2.75) is 81.6 Å². The number of hydrogen-bond acceptors (Lipinski definition) is 9. The Morgan fingerprint density at radius 3 is 2.42 bits per heavy atom. The SMILES string of the molecule is CC(C=C[C@@]1(O)[C@]2(C)CO[C@@]1(C)C[C@H](O[C@@H]1O[C@H](CO)[C@@H](O)[C@H](O)[C@H]1O)C2)=CC(=O)O. The van der Waals surface area contributed by atoms with Crippen molar-refractivity contribution in [3.63, 3.8) is 0 Å². The molecule has 10 heteroatoms. The van der Waals surface area contributed by atoms with E-state index in [2.05, 4.69) is 0 Å². The van der Waals surface area contributed by atoms with Crippen LogP contribution >= 0.6 is 0 Å². The molecule has 9 atom stereocenters. The average Bonchev–Trinajstić information content (AvgIpc) is 2.79. The van der Waals surface area contributed by atoms with Crippen molar-refractivity contribution in [3.05, 3.63) is 23.8 Å². The Hall–Kier alpha value is -1.37. The van der Waals surface area contributed by atoms with Gasteiger partial charge in [-0.25, -0.2) is 4.79 Å². The summed E-state index contributed by atoms with van der Waals surface area (Å²) in [7, 11) is 0. The van der Waals surface area contributed by atoms with Crippen LogP contribution in [0.25, 0.3) is 0 Å². The zero-order valence-corrected chi connectivity index (χ0v) is 17.8. The van der Waals surface area contributed by atoms with E-state index in [1.54, 1.807) is 26.0 Å². The highest BCUT2D eigenvalue weighted by atomic mass is 16.7. The van der Waals surface area contributed by atoms with E-state index in [1.165, 1.54) is 0 Å². The summed E-state index contributed by atoms with van der Waals surface area (Å²) in [4.78, 5) is 10.9. The first-order valence-electron chi connectivity index (χ1n) is 10.3. The Morgan fingerprint density at radius 2 is 1.84 bits per heavy atom. The molecule has 31 heavy (non-hydrogen) atoms. The van der Waals surface area contributed by atoms with Crippen LogP contribution in [0.2, 0.25) is 0 Å². The summed E-state index contributed by atoms with van der Waals surface area (Å²) in [5.41, 5.74) is -2.77. The normalized spacial score (nSPS) is 48.3. The predicted molar refractivity (Wildman–Crippen MR) is 106 cm³/mol. The molecule has 0 aromatic heterocycles. The van der Waals surface area contributed by atoms with E-state index in [1.807, 2.05) is 6.92 Å². The quantitative estimate of drug-likeness (QED) is 0.223. The van der Waals surface area contributed by atoms with Gasteiger partial charge in [-0.15, -0.1) is 0 Å². The lowest BCUT2D eigenvalue weighted by atomic mass is 9.59. The van der Waals surface area contributed by atoms with Gasteiger partial charge in [0.05, 0.1) is 19.3 Å². The van der Waals surface area contributed by atoms with E-state index < -0.39 is 66.0 Å². The van der Waals surface area contributed by atoms with Gasteiger partial charge >= 0.3 is 5.97 Å². The molecule has 1 saturated carbocycles. The molecule has 0 spiro atoms. The largest absolute Gasteiger partial charge is 0.478 e. The van der Waals surface area contributed by atoms with Crippen LogP contribution in [0.1, 0.15) is 33.6 Å². The fourth-order valence-corrected chi connectivity index (χ4v) is 4.95. The molecular weight excluding hydrogens is 412 g/mol. The number of rotatable bonds is 6. The number of allylic oxidation sites excluding steroid dienone is 2. The van der Waals surface area contributed by atoms with Gasteiger partial charge < -0.3 is 44.8 Å². The van der Waals surface area contributed by atoms with Crippen molar-refractivity contribution in [2.24, 2.45) is 5.41 Å². The van der Waals surface area contributed by atoms with E-state index in [4.69, 9.17) is 19.3 Å². The number of ether oxygens (including phenoxy) is 3. The van der Waals surface area contributed by atoms with Crippen LogP contribution in [-0.4, -0.2) is 97.8 Å². The third-order valence-corrected chi connectivity index (χ3v) is 6.84. The van der Waals surface area contributed by atoms with Crippen LogP contribution in [0.4, 0.5) is 0 Å². The van der Waals surface area contributed by atoms with Gasteiger partial charge in [0.2, 0.25) is 0 Å². The second-order valence-corrected chi connectivity index (χ2v) is 9.27. The molecule has 3 fully saturated rings. The lowest BCUT2D eigenvalue weighted by Crippen LogP contribution is -2.63. The minimum atomic E-state index is -1.54. The summed E-state index contributed by atoms with van der Waals surface area (Å²) in [6.07, 6.45) is -2.65. The zero-order chi connectivity index (χ0) is 23.2. The Bertz CT molecular complexity index is 728. The van der Waals surface area contributed by atoms with Gasteiger partial charge in [-0.05, 0) is 31.9 Å². The molecule has 0 amide bonds. The van der Waals surface area contributed by atoms with Crippen LogP contribution in [-0.2, 0) is 19.0 Å². The number of aliphatic hydroxyl groups is 5. The summed E-state index contributed by atoms with van der Waals surface area (Å²) < 4.78 is 17.3. The molecule has 2 saturated heterocycles. The Morgan fingerprint density at radius 1 is 1.16 bits per heavy atom. The minimum absolute atomic E-state index is 0.236. The molecule has 176 valence electrons. The van der Waals surface area contributed by atoms with Crippen LogP contribution < -0.4 is 0 Å². The van der Waals surface area contributed by atoms with Crippen LogP contribution in [0.5, 0.6) is 0 Å². The maximum Gasteiger partial charge on any atom is 0.328 e. The average molecular weight is 444 g/mol. The van der Waals surface area contributed by atoms with Crippen molar-refractivity contribution in [2.75, 3.05) is 13.2 Å². The Balaban J connectivity index is 1.78. The summed E-state index contributed by atoms with van der Waals surface area (Å²) in [6, 6.07) is 0. The molecule has 3 rings (SSSR count). The molecule has 6 N–H and O–H groups in total. The van der Waals surface area contributed by atoms with Gasteiger partial charge in [-0.1, -0.05) is 13.0 Å². The maximum absolute atomic E-state index is 11.6. The highest BCUT2D eigenvalue weighted by molar-refractivity contribution is 5.81. The lowest BCUT2D eigenvalue weighted by Gasteiger charge is -2.51. The molecule has 1 aliphatic carbocycles. The van der Waals surface area contributed by atoms with Gasteiger partial charge in [0, 0.05) is 17.9 Å². The number of carboxylic acid groups (broad SMARTS) is 1. The molecule has 2 heterocycles. The molecule has 0 aromatic carbocycles. The molecule has 0 aromatic rings. The second kappa shape index (κ2) is 8.53. The van der Waals surface area contributed by atoms with Crippen LogP contribution in [0, 0.1) is 5.41 Å². The highest BCUT2D eigenvalue weighted by Crippen LogP contribution is 2.58. The number of hydrogen-bond donors (Lipinski definition) is 6. The predicted octanol–water partition coefficient (Wildman–Crippen LogP) is -0.921. The van der Waals surface area contributed by atoms with Crippen molar-refractivity contribution in [1.29, 1.82) is 0 Å². The summed E-state index contributed by atoms with van der Waals surface area (Å²) in [5.74, 6) is -1.08. The standard InChI is InChI=1S/C21H32O10/c1-11(6-14(23)24)4-5-21(28)19(2)7-12(8-20(21,3)29-10-19)30-18-17(27)16(26)15(25)13(9-22)31-18/h4-6,12-13,15-18,22,25-28H,7-10H2,1-3H3,(H,23,24)/t12-,13-,15-,16+,17-,18-,19+,20+,21-/m1/s1. The van der Waals surface area contributed by atoms with Crippen molar-refractivity contribution in [1.82, 2.24) is 0 Å². The van der Waals surface area contributed by atoms with Gasteiger partial charge in [-0.2, -0.15) is 0 Å². The summed E-state index contributed by atoms with van der Waals surface area (Å²) in [5, 5.41) is 60.0. The first kappa shape index (κ1) is 24.3. The van der Waals surface area contributed by atoms with Gasteiger partial charge in [0.1, 0.15) is 35.6 Å². The molecule has 10 nitrogen and oxygen atoms in total. The third-order valence-electron chi connectivity index (χ3n) is 6.84. The number of fused-ring (bicyclic) bond motifs is 2. The molecule has 0 radical (unpaired) electrons. The van der Waals surface area contributed by atoms with Gasteiger partial charge in [0.25, 0.3) is 0 Å². The summed E-state index contributed by atoms with van der Waals surface area (Å²) in [6.45, 7) is 4.88. The van der Waals surface area contributed by atoms with E-state index in [-0.39, 0.29) is 13.0 Å². The zero-order valence-electron chi connectivity index (χ0n) is 17.8. The maximum atomic E-state index is 11.6. The Labute approximate surface area is 180 Å². The molecule has 0 unspecified atom stereocenters. The van der Waals surface area contributed by atoms with E-state index in [0.717, 1.165) is 6.08 Å². The van der Waals surface area contributed by atoms with Crippen molar-refractivity contribution < 1.29 is 49.6 Å². The number of carbonyl (C=O) groups is 1. The smallest absolute Gasteiger partial charge is 0.328 e. The van der Waals surface area contributed by atoms with Crippen molar-refractivity contribution in [3.8, 4) is 0 Å². The third kappa shape index (κ3) is 4.19. The second-order valence-electron chi connectivity index (χ2n) is 9.27. The molecular formula is C21H32O10. The minimum Gasteiger partial charge on any atom is -0.478 e. The molecule has 2 bridgehead atoms. The number of carboxylic acids is 1. The van der Waals surface area contributed by atoms with Gasteiger partial charge in [-0.3, -0.25) is 0 Å². The van der Waals surface area contributed by atoms with E-state index in [9.17, 15) is 30.3 Å². The van der Waals surface area contributed by atoms with E-state index >= 15 is 0 Å². The fourth-order valence-electron chi connectivity index (χ4n) is 4.95. The van der Waals surface area contributed by atoms with E-state index in [0.29, 0.717) is 12.0 Å².